The van der Waals surface area contributed by atoms with E-state index in [1.165, 1.54) is 0 Å². The second-order valence-corrected chi connectivity index (χ2v) is 4.97. The van der Waals surface area contributed by atoms with Gasteiger partial charge < -0.3 is 14.7 Å². The van der Waals surface area contributed by atoms with Crippen LogP contribution in [0.25, 0.3) is 0 Å². The largest absolute Gasteiger partial charge is 0.494 e. The maximum Gasteiger partial charge on any atom is 0.356 e. The highest BCUT2D eigenvalue weighted by Crippen LogP contribution is 2.10. The molecule has 0 saturated heterocycles. The van der Waals surface area contributed by atoms with Crippen molar-refractivity contribution in [2.24, 2.45) is 5.16 Å². The standard InChI is InChI=1S/C16H23NO4/c1-13(2)21-16(18)15(17-19)11-7-4-8-12-20-14-9-5-3-6-10-14/h3,5-6,9-10,13,19H,4,7-8,11-12H2,1-2H3. The number of para-hydroxylation sites is 1. The summed E-state index contributed by atoms with van der Waals surface area (Å²) in [6, 6.07) is 9.63. The molecule has 1 aromatic rings. The van der Waals surface area contributed by atoms with Crippen LogP contribution in [0, 0.1) is 0 Å². The number of hydrogen-bond donors (Lipinski definition) is 1. The average molecular weight is 293 g/mol. The van der Waals surface area contributed by atoms with E-state index in [0.29, 0.717) is 13.0 Å². The van der Waals surface area contributed by atoms with Gasteiger partial charge in [0.05, 0.1) is 12.7 Å². The molecule has 0 atom stereocenters. The molecule has 1 N–H and O–H groups in total. The van der Waals surface area contributed by atoms with Gasteiger partial charge in [-0.25, -0.2) is 4.79 Å². The number of unbranched alkanes of at least 4 members (excludes halogenated alkanes) is 2. The van der Waals surface area contributed by atoms with Crippen molar-refractivity contribution in [1.29, 1.82) is 0 Å². The number of hydrogen-bond acceptors (Lipinski definition) is 5. The third-order valence-corrected chi connectivity index (χ3v) is 2.77. The maximum absolute atomic E-state index is 11.6. The van der Waals surface area contributed by atoms with Gasteiger partial charge in [-0.3, -0.25) is 0 Å². The summed E-state index contributed by atoms with van der Waals surface area (Å²) < 4.78 is 10.6. The van der Waals surface area contributed by atoms with Crippen LogP contribution in [-0.2, 0) is 9.53 Å². The second-order valence-electron chi connectivity index (χ2n) is 4.97. The van der Waals surface area contributed by atoms with Crippen LogP contribution >= 0.6 is 0 Å². The molecule has 0 aliphatic heterocycles. The molecule has 0 aromatic heterocycles. The minimum Gasteiger partial charge on any atom is -0.494 e. The van der Waals surface area contributed by atoms with E-state index in [0.717, 1.165) is 25.0 Å². The van der Waals surface area contributed by atoms with Crippen LogP contribution in [0.15, 0.2) is 35.5 Å². The fourth-order valence-corrected chi connectivity index (χ4v) is 1.75. The fourth-order valence-electron chi connectivity index (χ4n) is 1.75. The predicted molar refractivity (Wildman–Crippen MR) is 80.9 cm³/mol. The molecule has 0 amide bonds. The molecule has 0 radical (unpaired) electrons. The van der Waals surface area contributed by atoms with Crippen LogP contribution in [0.2, 0.25) is 0 Å². The number of nitrogens with zero attached hydrogens (tertiary/aromatic N) is 1. The molecular formula is C16H23NO4. The Morgan fingerprint density at radius 1 is 1.19 bits per heavy atom. The van der Waals surface area contributed by atoms with Gasteiger partial charge in [-0.05, 0) is 45.2 Å². The summed E-state index contributed by atoms with van der Waals surface area (Å²) in [6.45, 7) is 4.15. The fraction of sp³-hybridized carbons (Fsp3) is 0.500. The third-order valence-electron chi connectivity index (χ3n) is 2.77. The molecule has 116 valence electrons. The van der Waals surface area contributed by atoms with Gasteiger partial charge in [-0.1, -0.05) is 23.4 Å². The Labute approximate surface area is 125 Å². The van der Waals surface area contributed by atoms with Gasteiger partial charge in [-0.15, -0.1) is 0 Å². The summed E-state index contributed by atoms with van der Waals surface area (Å²) >= 11 is 0. The molecular weight excluding hydrogens is 270 g/mol. The molecule has 21 heavy (non-hydrogen) atoms. The van der Waals surface area contributed by atoms with E-state index >= 15 is 0 Å². The van der Waals surface area contributed by atoms with E-state index in [9.17, 15) is 4.79 Å². The van der Waals surface area contributed by atoms with Crippen molar-refractivity contribution in [3.63, 3.8) is 0 Å². The number of carbonyl (C=O) groups is 1. The second kappa shape index (κ2) is 9.80. The van der Waals surface area contributed by atoms with Crippen molar-refractivity contribution >= 4 is 11.7 Å². The van der Waals surface area contributed by atoms with Crippen molar-refractivity contribution in [2.75, 3.05) is 6.61 Å². The first-order valence-corrected chi connectivity index (χ1v) is 7.23. The zero-order chi connectivity index (χ0) is 15.5. The highest BCUT2D eigenvalue weighted by Gasteiger charge is 2.14. The van der Waals surface area contributed by atoms with E-state index in [4.69, 9.17) is 14.7 Å². The molecule has 0 bridgehead atoms. The lowest BCUT2D eigenvalue weighted by Crippen LogP contribution is -2.21. The van der Waals surface area contributed by atoms with Crippen molar-refractivity contribution in [3.8, 4) is 5.75 Å². The van der Waals surface area contributed by atoms with Gasteiger partial charge in [0.15, 0.2) is 5.71 Å². The smallest absolute Gasteiger partial charge is 0.356 e. The predicted octanol–water partition coefficient (Wildman–Crippen LogP) is 3.41. The van der Waals surface area contributed by atoms with Gasteiger partial charge in [0.25, 0.3) is 0 Å². The minimum absolute atomic E-state index is 0.0766. The van der Waals surface area contributed by atoms with Gasteiger partial charge in [0.1, 0.15) is 5.75 Å². The van der Waals surface area contributed by atoms with Crippen molar-refractivity contribution < 1.29 is 19.5 Å². The SMILES string of the molecule is CC(C)OC(=O)C(CCCCCOc1ccccc1)=NO. The maximum atomic E-state index is 11.6. The van der Waals surface area contributed by atoms with Gasteiger partial charge in [0, 0.05) is 6.42 Å². The zero-order valence-electron chi connectivity index (χ0n) is 12.6. The lowest BCUT2D eigenvalue weighted by molar-refractivity contribution is -0.139. The topological polar surface area (TPSA) is 68.1 Å². The Bertz CT molecular complexity index is 443. The molecule has 0 fully saturated rings. The number of oxime groups is 1. The molecule has 0 saturated carbocycles. The summed E-state index contributed by atoms with van der Waals surface area (Å²) in [6.07, 6.45) is 2.72. The van der Waals surface area contributed by atoms with E-state index in [1.807, 2.05) is 30.3 Å². The highest BCUT2D eigenvalue weighted by atomic mass is 16.5. The Balaban J connectivity index is 2.14. The molecule has 0 aliphatic carbocycles. The van der Waals surface area contributed by atoms with E-state index in [2.05, 4.69) is 5.16 Å². The third kappa shape index (κ3) is 7.34. The number of ether oxygens (including phenoxy) is 2. The van der Waals surface area contributed by atoms with Gasteiger partial charge in [0.2, 0.25) is 0 Å². The van der Waals surface area contributed by atoms with Gasteiger partial charge in [-0.2, -0.15) is 0 Å². The van der Waals surface area contributed by atoms with Crippen molar-refractivity contribution in [2.45, 2.75) is 45.6 Å². The van der Waals surface area contributed by atoms with Crippen molar-refractivity contribution in [3.05, 3.63) is 30.3 Å². The molecule has 0 aliphatic rings. The Morgan fingerprint density at radius 3 is 2.52 bits per heavy atom. The van der Waals surface area contributed by atoms with Crippen LogP contribution in [0.4, 0.5) is 0 Å². The van der Waals surface area contributed by atoms with Crippen molar-refractivity contribution in [1.82, 2.24) is 0 Å². The first-order valence-electron chi connectivity index (χ1n) is 7.23. The van der Waals surface area contributed by atoms with E-state index in [1.54, 1.807) is 13.8 Å². The van der Waals surface area contributed by atoms with E-state index < -0.39 is 5.97 Å². The van der Waals surface area contributed by atoms with Crippen LogP contribution in [-0.4, -0.2) is 29.6 Å². The van der Waals surface area contributed by atoms with Crippen LogP contribution < -0.4 is 4.74 Å². The quantitative estimate of drug-likeness (QED) is 0.249. The molecule has 0 heterocycles. The monoisotopic (exact) mass is 293 g/mol. The molecule has 1 rings (SSSR count). The molecule has 1 aromatic carbocycles. The number of rotatable bonds is 9. The van der Waals surface area contributed by atoms with Crippen LogP contribution in [0.3, 0.4) is 0 Å². The highest BCUT2D eigenvalue weighted by molar-refractivity contribution is 6.36. The lowest BCUT2D eigenvalue weighted by atomic mass is 10.1. The Morgan fingerprint density at radius 2 is 1.90 bits per heavy atom. The summed E-state index contributed by atoms with van der Waals surface area (Å²) in [4.78, 5) is 11.6. The zero-order valence-corrected chi connectivity index (χ0v) is 12.6. The first kappa shape index (κ1) is 17.0. The summed E-state index contributed by atoms with van der Waals surface area (Å²) in [5.41, 5.74) is 0.0766. The molecule has 0 spiro atoms. The van der Waals surface area contributed by atoms with Gasteiger partial charge >= 0.3 is 5.97 Å². The molecule has 5 heteroatoms. The molecule has 0 unspecified atom stereocenters. The number of carbonyl (C=O) groups excluding carboxylic acids is 1. The Kier molecular flexibility index (Phi) is 7.94. The van der Waals surface area contributed by atoms with Crippen LogP contribution in [0.5, 0.6) is 5.75 Å². The summed E-state index contributed by atoms with van der Waals surface area (Å²) in [5, 5.41) is 11.8. The van der Waals surface area contributed by atoms with Crippen LogP contribution in [0.1, 0.15) is 39.5 Å². The first-order chi connectivity index (χ1) is 10.1. The summed E-state index contributed by atoms with van der Waals surface area (Å²) in [7, 11) is 0. The number of benzene rings is 1. The summed E-state index contributed by atoms with van der Waals surface area (Å²) in [5.74, 6) is 0.309. The lowest BCUT2D eigenvalue weighted by Gasteiger charge is -2.09. The van der Waals surface area contributed by atoms with E-state index in [-0.39, 0.29) is 11.8 Å². The average Bonchev–Trinajstić information content (AvgIpc) is 2.46. The number of esters is 1. The molecule has 5 nitrogen and oxygen atoms in total. The minimum atomic E-state index is -0.548. The Hall–Kier alpha value is -2.04. The normalized spacial score (nSPS) is 11.5.